The minimum absolute atomic E-state index is 0.565. The number of aromatic nitrogens is 3. The van der Waals surface area contributed by atoms with Crippen LogP contribution in [-0.2, 0) is 13.2 Å². The molecular formula is C15H14Cl2N4S. The summed E-state index contributed by atoms with van der Waals surface area (Å²) in [6.45, 7) is 1.33. The van der Waals surface area contributed by atoms with Crippen molar-refractivity contribution in [3.8, 4) is 0 Å². The van der Waals surface area contributed by atoms with Crippen molar-refractivity contribution in [2.24, 2.45) is 0 Å². The van der Waals surface area contributed by atoms with Gasteiger partial charge in [-0.25, -0.2) is 4.68 Å². The number of halogens is 2. The Morgan fingerprint density at radius 2 is 2.00 bits per heavy atom. The van der Waals surface area contributed by atoms with Crippen molar-refractivity contribution in [1.82, 2.24) is 19.1 Å². The molecule has 0 aliphatic carbocycles. The Balaban J connectivity index is 1.78. The first-order valence-electron chi connectivity index (χ1n) is 6.71. The van der Waals surface area contributed by atoms with E-state index in [2.05, 4.69) is 10.00 Å². The van der Waals surface area contributed by atoms with Crippen LogP contribution in [0.2, 0.25) is 10.0 Å². The van der Waals surface area contributed by atoms with Crippen LogP contribution in [0.4, 0.5) is 0 Å². The van der Waals surface area contributed by atoms with Crippen LogP contribution in [0.3, 0.4) is 0 Å². The highest BCUT2D eigenvalue weighted by atomic mass is 35.5. The first-order chi connectivity index (χ1) is 10.5. The fraction of sp³-hybridized carbons (Fsp3) is 0.200. The Morgan fingerprint density at radius 3 is 2.73 bits per heavy atom. The summed E-state index contributed by atoms with van der Waals surface area (Å²) in [6, 6.07) is 11.5. The Labute approximate surface area is 143 Å². The van der Waals surface area contributed by atoms with Crippen LogP contribution >= 0.6 is 35.4 Å². The van der Waals surface area contributed by atoms with E-state index in [-0.39, 0.29) is 0 Å². The molecular weight excluding hydrogens is 339 g/mol. The van der Waals surface area contributed by atoms with Gasteiger partial charge in [0.1, 0.15) is 0 Å². The molecule has 0 bridgehead atoms. The molecule has 0 aliphatic rings. The molecule has 7 heteroatoms. The molecule has 0 radical (unpaired) electrons. The van der Waals surface area contributed by atoms with Gasteiger partial charge in [-0.3, -0.25) is 9.30 Å². The van der Waals surface area contributed by atoms with Crippen molar-refractivity contribution in [1.29, 1.82) is 0 Å². The highest BCUT2D eigenvalue weighted by Crippen LogP contribution is 2.23. The standard InChI is InChI=1S/C15H14Cl2N4S/c1-19(9-11-5-6-12(16)13(17)8-11)10-21-15(22)20-7-3-2-4-14(20)18-21/h2-8H,9-10H2,1H3. The van der Waals surface area contributed by atoms with Crippen molar-refractivity contribution < 1.29 is 0 Å². The van der Waals surface area contributed by atoms with Gasteiger partial charge in [0.15, 0.2) is 5.65 Å². The predicted molar refractivity (Wildman–Crippen MR) is 91.9 cm³/mol. The highest BCUT2D eigenvalue weighted by molar-refractivity contribution is 7.71. The maximum Gasteiger partial charge on any atom is 0.203 e. The lowest BCUT2D eigenvalue weighted by molar-refractivity contribution is 0.245. The molecule has 0 fully saturated rings. The largest absolute Gasteiger partial charge is 0.283 e. The number of rotatable bonds is 4. The molecule has 0 saturated carbocycles. The zero-order valence-electron chi connectivity index (χ0n) is 11.9. The third-order valence-electron chi connectivity index (χ3n) is 3.30. The molecule has 22 heavy (non-hydrogen) atoms. The first kappa shape index (κ1) is 15.5. The van der Waals surface area contributed by atoms with Gasteiger partial charge in [-0.2, -0.15) is 5.10 Å². The van der Waals surface area contributed by atoms with E-state index >= 15 is 0 Å². The topological polar surface area (TPSA) is 25.5 Å². The Hall–Kier alpha value is -1.40. The van der Waals surface area contributed by atoms with Crippen LogP contribution in [0.15, 0.2) is 42.6 Å². The van der Waals surface area contributed by atoms with Crippen LogP contribution in [-0.4, -0.2) is 26.1 Å². The molecule has 0 spiro atoms. The van der Waals surface area contributed by atoms with E-state index in [1.165, 1.54) is 0 Å². The Morgan fingerprint density at radius 1 is 1.18 bits per heavy atom. The van der Waals surface area contributed by atoms with Gasteiger partial charge in [0.05, 0.1) is 16.7 Å². The zero-order chi connectivity index (χ0) is 15.7. The average molecular weight is 353 g/mol. The molecule has 1 aromatic carbocycles. The van der Waals surface area contributed by atoms with Gasteiger partial charge in [0.2, 0.25) is 4.77 Å². The van der Waals surface area contributed by atoms with E-state index < -0.39 is 0 Å². The predicted octanol–water partition coefficient (Wildman–Crippen LogP) is 4.26. The van der Waals surface area contributed by atoms with Gasteiger partial charge < -0.3 is 0 Å². The molecule has 3 aromatic rings. The second kappa shape index (κ2) is 6.38. The number of hydrogen-bond donors (Lipinski definition) is 0. The van der Waals surface area contributed by atoms with Gasteiger partial charge in [-0.15, -0.1) is 0 Å². The van der Waals surface area contributed by atoms with Gasteiger partial charge in [0.25, 0.3) is 0 Å². The third-order valence-corrected chi connectivity index (χ3v) is 4.45. The molecule has 0 aliphatic heterocycles. The van der Waals surface area contributed by atoms with Crippen LogP contribution in [0, 0.1) is 4.77 Å². The summed E-state index contributed by atoms with van der Waals surface area (Å²) in [4.78, 5) is 2.11. The molecule has 0 atom stereocenters. The fourth-order valence-electron chi connectivity index (χ4n) is 2.29. The van der Waals surface area contributed by atoms with Gasteiger partial charge in [-0.1, -0.05) is 35.3 Å². The first-order valence-corrected chi connectivity index (χ1v) is 7.88. The summed E-state index contributed by atoms with van der Waals surface area (Å²) in [6.07, 6.45) is 1.92. The maximum atomic E-state index is 6.05. The van der Waals surface area contributed by atoms with Gasteiger partial charge in [0, 0.05) is 12.7 Å². The summed E-state index contributed by atoms with van der Waals surface area (Å²) in [5.74, 6) is 0. The zero-order valence-corrected chi connectivity index (χ0v) is 14.2. The number of benzene rings is 1. The molecule has 0 unspecified atom stereocenters. The van der Waals surface area contributed by atoms with Crippen LogP contribution in [0.1, 0.15) is 5.56 Å². The fourth-order valence-corrected chi connectivity index (χ4v) is 2.86. The maximum absolute atomic E-state index is 6.05. The minimum Gasteiger partial charge on any atom is -0.283 e. The van der Waals surface area contributed by atoms with E-state index in [4.69, 9.17) is 35.4 Å². The van der Waals surface area contributed by atoms with Crippen molar-refractivity contribution in [2.45, 2.75) is 13.2 Å². The van der Waals surface area contributed by atoms with Gasteiger partial charge in [-0.05, 0) is 49.1 Å². The molecule has 4 nitrogen and oxygen atoms in total. The average Bonchev–Trinajstić information content (AvgIpc) is 2.80. The van der Waals surface area contributed by atoms with Gasteiger partial charge >= 0.3 is 0 Å². The lowest BCUT2D eigenvalue weighted by atomic mass is 10.2. The smallest absolute Gasteiger partial charge is 0.203 e. The Kier molecular flexibility index (Phi) is 4.49. The molecule has 0 N–H and O–H groups in total. The van der Waals surface area contributed by atoms with Crippen molar-refractivity contribution in [3.63, 3.8) is 0 Å². The summed E-state index contributed by atoms with van der Waals surface area (Å²) in [5.41, 5.74) is 1.93. The molecule has 3 rings (SSSR count). The lowest BCUT2D eigenvalue weighted by Gasteiger charge is -2.16. The van der Waals surface area contributed by atoms with E-state index in [0.717, 1.165) is 17.8 Å². The number of fused-ring (bicyclic) bond motifs is 1. The van der Waals surface area contributed by atoms with E-state index in [0.29, 0.717) is 21.5 Å². The van der Waals surface area contributed by atoms with Crippen molar-refractivity contribution >= 4 is 41.1 Å². The summed E-state index contributed by atoms with van der Waals surface area (Å²) >= 11 is 17.4. The minimum atomic E-state index is 0.565. The number of nitrogens with zero attached hydrogens (tertiary/aromatic N) is 4. The van der Waals surface area contributed by atoms with Crippen molar-refractivity contribution in [2.75, 3.05) is 7.05 Å². The molecule has 114 valence electrons. The second-order valence-electron chi connectivity index (χ2n) is 5.12. The van der Waals surface area contributed by atoms with Crippen LogP contribution in [0.25, 0.3) is 5.65 Å². The SMILES string of the molecule is CN(Cc1ccc(Cl)c(Cl)c1)Cn1nc2ccccn2c1=S. The normalized spacial score (nSPS) is 11.5. The number of pyridine rings is 1. The van der Waals surface area contributed by atoms with E-state index in [9.17, 15) is 0 Å². The molecule has 2 aromatic heterocycles. The van der Waals surface area contributed by atoms with Crippen LogP contribution < -0.4 is 0 Å². The van der Waals surface area contributed by atoms with E-state index in [1.54, 1.807) is 0 Å². The second-order valence-corrected chi connectivity index (χ2v) is 6.29. The quantitative estimate of drug-likeness (QED) is 0.656. The molecule has 2 heterocycles. The number of hydrogen-bond acceptors (Lipinski definition) is 3. The molecule has 0 saturated heterocycles. The monoisotopic (exact) mass is 352 g/mol. The summed E-state index contributed by atoms with van der Waals surface area (Å²) in [7, 11) is 2.01. The summed E-state index contributed by atoms with van der Waals surface area (Å²) in [5, 5.41) is 5.64. The van der Waals surface area contributed by atoms with Crippen molar-refractivity contribution in [3.05, 3.63) is 63.0 Å². The third kappa shape index (κ3) is 3.17. The van der Waals surface area contributed by atoms with Crippen LogP contribution in [0.5, 0.6) is 0 Å². The highest BCUT2D eigenvalue weighted by Gasteiger charge is 2.07. The lowest BCUT2D eigenvalue weighted by Crippen LogP contribution is -2.22. The summed E-state index contributed by atoms with van der Waals surface area (Å²) < 4.78 is 4.38. The van der Waals surface area contributed by atoms with E-state index in [1.807, 2.05) is 58.7 Å². The molecule has 0 amide bonds. The Bertz CT molecular complexity index is 871.